The van der Waals surface area contributed by atoms with Crippen molar-refractivity contribution in [2.75, 3.05) is 26.7 Å². The van der Waals surface area contributed by atoms with Gasteiger partial charge in [0.25, 0.3) is 0 Å². The van der Waals surface area contributed by atoms with Crippen molar-refractivity contribution in [1.29, 1.82) is 0 Å². The number of rotatable bonds is 2. The first kappa shape index (κ1) is 14.6. The van der Waals surface area contributed by atoms with Crippen LogP contribution in [0.1, 0.15) is 0 Å². The van der Waals surface area contributed by atoms with E-state index in [2.05, 4.69) is 0 Å². The van der Waals surface area contributed by atoms with Gasteiger partial charge in [-0.2, -0.15) is 4.31 Å². The first-order chi connectivity index (χ1) is 9.73. The molecule has 9 heteroatoms. The third kappa shape index (κ3) is 2.27. The van der Waals surface area contributed by atoms with Gasteiger partial charge < -0.3 is 9.64 Å². The molecule has 0 aromatic heterocycles. The fraction of sp³-hybridized carbons (Fsp3) is 0.417. The zero-order valence-electron chi connectivity index (χ0n) is 11.0. The largest absolute Gasteiger partial charge is 0.438 e. The molecule has 2 heterocycles. The maximum Gasteiger partial charge on any atom is 0.410 e. The van der Waals surface area contributed by atoms with Crippen LogP contribution in [0.3, 0.4) is 0 Å². The molecule has 2 saturated heterocycles. The molecule has 1 aromatic rings. The monoisotopic (exact) mass is 334 g/mol. The minimum Gasteiger partial charge on any atom is -0.438 e. The van der Waals surface area contributed by atoms with Gasteiger partial charge in [-0.05, 0) is 18.2 Å². The number of hydrogen-bond donors (Lipinski definition) is 0. The van der Waals surface area contributed by atoms with Gasteiger partial charge in [-0.1, -0.05) is 11.6 Å². The molecule has 1 amide bonds. The number of sulfonamides is 1. The topological polar surface area (TPSA) is 66.9 Å². The van der Waals surface area contributed by atoms with E-state index in [1.807, 2.05) is 0 Å². The Morgan fingerprint density at radius 2 is 2.00 bits per heavy atom. The summed E-state index contributed by atoms with van der Waals surface area (Å²) in [5.74, 6) is -0.679. The summed E-state index contributed by atoms with van der Waals surface area (Å²) in [6, 6.07) is 3.24. The van der Waals surface area contributed by atoms with Crippen LogP contribution >= 0.6 is 11.6 Å². The third-order valence-electron chi connectivity index (χ3n) is 3.60. The molecule has 0 atom stereocenters. The molecule has 6 nitrogen and oxygen atoms in total. The standard InChI is InChI=1S/C12H12ClFN2O4S/c1-15-5-12(20-11(15)17)6-16(7-12)21(18,19)8-2-3-10(14)9(13)4-8/h2-4H,5-7H2,1H3. The Morgan fingerprint density at radius 1 is 1.33 bits per heavy atom. The van der Waals surface area contributed by atoms with E-state index < -0.39 is 27.5 Å². The fourth-order valence-corrected chi connectivity index (χ4v) is 4.37. The van der Waals surface area contributed by atoms with Crippen molar-refractivity contribution in [2.24, 2.45) is 0 Å². The second kappa shape index (κ2) is 4.56. The normalized spacial score (nSPS) is 21.5. The number of carbonyl (C=O) groups is 1. The van der Waals surface area contributed by atoms with Crippen molar-refractivity contribution in [3.05, 3.63) is 29.0 Å². The fourth-order valence-electron chi connectivity index (χ4n) is 2.51. The highest BCUT2D eigenvalue weighted by Gasteiger charge is 2.56. The summed E-state index contributed by atoms with van der Waals surface area (Å²) in [5, 5.41) is -0.252. The molecule has 0 radical (unpaired) electrons. The molecule has 0 N–H and O–H groups in total. The van der Waals surface area contributed by atoms with Gasteiger partial charge >= 0.3 is 6.09 Å². The zero-order chi connectivity index (χ0) is 15.4. The Bertz CT molecular complexity index is 718. The Morgan fingerprint density at radius 3 is 2.52 bits per heavy atom. The van der Waals surface area contributed by atoms with Crippen LogP contribution in [-0.4, -0.2) is 56.0 Å². The summed E-state index contributed by atoms with van der Waals surface area (Å²) in [4.78, 5) is 12.7. The van der Waals surface area contributed by atoms with Crippen molar-refractivity contribution in [1.82, 2.24) is 9.21 Å². The predicted octanol–water partition coefficient (Wildman–Crippen LogP) is 1.30. The molecule has 2 aliphatic rings. The summed E-state index contributed by atoms with van der Waals surface area (Å²) in [7, 11) is -2.18. The molecule has 2 fully saturated rings. The number of carbonyl (C=O) groups excluding carboxylic acids is 1. The maximum absolute atomic E-state index is 13.1. The summed E-state index contributed by atoms with van der Waals surface area (Å²) < 4.78 is 44.2. The van der Waals surface area contributed by atoms with Crippen molar-refractivity contribution < 1.29 is 22.3 Å². The second-order valence-corrected chi connectivity index (χ2v) is 7.60. The van der Waals surface area contributed by atoms with Crippen molar-refractivity contribution >= 4 is 27.7 Å². The zero-order valence-corrected chi connectivity index (χ0v) is 12.6. The van der Waals surface area contributed by atoms with Gasteiger partial charge in [0.2, 0.25) is 10.0 Å². The molecule has 21 heavy (non-hydrogen) atoms. The minimum atomic E-state index is -3.77. The van der Waals surface area contributed by atoms with Crippen LogP contribution in [0.4, 0.5) is 9.18 Å². The number of amides is 1. The van der Waals surface area contributed by atoms with E-state index in [9.17, 15) is 17.6 Å². The van der Waals surface area contributed by atoms with Gasteiger partial charge in [-0.15, -0.1) is 0 Å². The molecule has 0 unspecified atom stereocenters. The van der Waals surface area contributed by atoms with E-state index in [1.54, 1.807) is 7.05 Å². The molecule has 0 bridgehead atoms. The van der Waals surface area contributed by atoms with Crippen molar-refractivity contribution in [2.45, 2.75) is 10.5 Å². The summed E-state index contributed by atoms with van der Waals surface area (Å²) in [6.07, 6.45) is -0.461. The van der Waals surface area contributed by atoms with Crippen LogP contribution in [0.15, 0.2) is 23.1 Å². The molecule has 114 valence electrons. The number of ether oxygens (including phenoxy) is 1. The summed E-state index contributed by atoms with van der Waals surface area (Å²) >= 11 is 5.61. The predicted molar refractivity (Wildman–Crippen MR) is 72.0 cm³/mol. The van der Waals surface area contributed by atoms with Crippen LogP contribution in [0.25, 0.3) is 0 Å². The number of halogens is 2. The first-order valence-corrected chi connectivity index (χ1v) is 7.95. The van der Waals surface area contributed by atoms with Crippen LogP contribution in [0, 0.1) is 5.82 Å². The van der Waals surface area contributed by atoms with E-state index in [-0.39, 0.29) is 23.0 Å². The van der Waals surface area contributed by atoms with Gasteiger partial charge in [0.1, 0.15) is 5.82 Å². The highest BCUT2D eigenvalue weighted by atomic mass is 35.5. The van der Waals surface area contributed by atoms with Gasteiger partial charge in [0, 0.05) is 7.05 Å². The smallest absolute Gasteiger partial charge is 0.410 e. The summed E-state index contributed by atoms with van der Waals surface area (Å²) in [5.41, 5.74) is -0.775. The van der Waals surface area contributed by atoms with Crippen LogP contribution in [0.2, 0.25) is 5.02 Å². The molecular weight excluding hydrogens is 323 g/mol. The van der Waals surface area contributed by atoms with E-state index in [1.165, 1.54) is 9.21 Å². The van der Waals surface area contributed by atoms with Crippen molar-refractivity contribution in [3.63, 3.8) is 0 Å². The Kier molecular flexibility index (Phi) is 3.16. The van der Waals surface area contributed by atoms with Crippen LogP contribution in [0.5, 0.6) is 0 Å². The molecule has 0 saturated carbocycles. The first-order valence-electron chi connectivity index (χ1n) is 6.13. The lowest BCUT2D eigenvalue weighted by Gasteiger charge is -2.44. The Labute approximate surface area is 126 Å². The lowest BCUT2D eigenvalue weighted by molar-refractivity contribution is -0.0335. The van der Waals surface area contributed by atoms with Gasteiger partial charge in [0.05, 0.1) is 29.6 Å². The maximum atomic E-state index is 13.1. The average molecular weight is 335 g/mol. The SMILES string of the molecule is CN1CC2(CN(S(=O)(=O)c3ccc(F)c(Cl)c3)C2)OC1=O. The van der Waals surface area contributed by atoms with Crippen LogP contribution in [-0.2, 0) is 14.8 Å². The molecular formula is C12H12ClFN2O4S. The van der Waals surface area contributed by atoms with Gasteiger partial charge in [0.15, 0.2) is 5.60 Å². The molecule has 3 rings (SSSR count). The number of benzene rings is 1. The minimum absolute atomic E-state index is 0.0820. The number of hydrogen-bond acceptors (Lipinski definition) is 4. The Balaban J connectivity index is 1.79. The molecule has 2 aliphatic heterocycles. The number of likely N-dealkylation sites (N-methyl/N-ethyl adjacent to an activating group) is 1. The van der Waals surface area contributed by atoms with Gasteiger partial charge in [-0.3, -0.25) is 0 Å². The van der Waals surface area contributed by atoms with E-state index in [4.69, 9.17) is 16.3 Å². The van der Waals surface area contributed by atoms with E-state index in [0.717, 1.165) is 18.2 Å². The average Bonchev–Trinajstić information content (AvgIpc) is 2.67. The highest BCUT2D eigenvalue weighted by molar-refractivity contribution is 7.89. The molecule has 1 aromatic carbocycles. The van der Waals surface area contributed by atoms with Crippen molar-refractivity contribution in [3.8, 4) is 0 Å². The Hall–Kier alpha value is -1.38. The summed E-state index contributed by atoms with van der Waals surface area (Å²) in [6.45, 7) is 0.517. The van der Waals surface area contributed by atoms with Crippen LogP contribution < -0.4 is 0 Å². The van der Waals surface area contributed by atoms with Gasteiger partial charge in [-0.25, -0.2) is 17.6 Å². The third-order valence-corrected chi connectivity index (χ3v) is 5.68. The van der Waals surface area contributed by atoms with E-state index in [0.29, 0.717) is 6.54 Å². The molecule has 1 spiro atoms. The lowest BCUT2D eigenvalue weighted by atomic mass is 9.97. The quantitative estimate of drug-likeness (QED) is 0.817. The molecule has 0 aliphatic carbocycles. The second-order valence-electron chi connectivity index (χ2n) is 5.26. The van der Waals surface area contributed by atoms with E-state index >= 15 is 0 Å². The number of nitrogens with zero attached hydrogens (tertiary/aromatic N) is 2. The highest BCUT2D eigenvalue weighted by Crippen LogP contribution is 2.35. The lowest BCUT2D eigenvalue weighted by Crippen LogP contribution is -2.65.